The maximum atomic E-state index is 9.97. The maximum Gasteiger partial charge on any atom is 0.794 e. The average Bonchev–Trinajstić information content (AvgIpc) is 2.47. The number of rotatable bonds is 6. The summed E-state index contributed by atoms with van der Waals surface area (Å²) in [6.07, 6.45) is -0.699. The van der Waals surface area contributed by atoms with Crippen LogP contribution in [0.4, 0.5) is 0 Å². The zero-order chi connectivity index (χ0) is 23.9. The van der Waals surface area contributed by atoms with Gasteiger partial charge in [-0.25, -0.2) is 19.8 Å². The monoisotopic (exact) mass is 487 g/mol. The number of aliphatic carboxylic acids is 3. The molecular weight excluding hydrogens is 467 g/mol. The van der Waals surface area contributed by atoms with Crippen molar-refractivity contribution in [3.05, 3.63) is 12.3 Å². The molecule has 180 valence electrons. The Balaban J connectivity index is -0.0000000386. The van der Waals surface area contributed by atoms with E-state index >= 15 is 0 Å². The number of ketones is 1. The molecule has 0 heterocycles. The van der Waals surface area contributed by atoms with Gasteiger partial charge < -0.3 is 26.3 Å². The predicted molar refractivity (Wildman–Crippen MR) is 91.9 cm³/mol. The number of carbonyl (C=O) groups is 4. The zero-order valence-corrected chi connectivity index (χ0v) is 15.0. The number of aliphatic hydroxyl groups excluding tert-OH is 2. The Hall–Kier alpha value is -4.01. The molecule has 0 rings (SSSR count). The quantitative estimate of drug-likeness (QED) is 0.0441. The van der Waals surface area contributed by atoms with E-state index in [0.717, 1.165) is 0 Å². The third-order valence-corrected chi connectivity index (χ3v) is 1.49. The van der Waals surface area contributed by atoms with E-state index in [-0.39, 0.29) is 24.5 Å². The number of carboxylic acids is 3. The fourth-order valence-corrected chi connectivity index (χ4v) is 0.774. The highest BCUT2D eigenvalue weighted by Crippen LogP contribution is 2.47. The standard InChI is InChI=1S/C4H4O5.C3H5O6P.2CHO2.CO2.CH4.2H2O/c5-2(4(8)9)1-3(6)7;1-2(3(4)5)9-10(6,7)8;3*2-1-3;;;/h1H2,(H,6,7)(H,8,9);6-8H,1H2;2*(H,2,3);;1H4;2*1H2/q;;2*+1;;;;/p+1. The van der Waals surface area contributed by atoms with Crippen LogP contribution >= 0.6 is 8.17 Å². The summed E-state index contributed by atoms with van der Waals surface area (Å²) in [5.74, 6) is -6.93. The van der Waals surface area contributed by atoms with Gasteiger partial charge in [-0.05, 0) is 6.58 Å². The minimum Gasteiger partial charge on any atom is -0.481 e. The van der Waals surface area contributed by atoms with Crippen molar-refractivity contribution in [1.29, 1.82) is 0 Å². The van der Waals surface area contributed by atoms with Crippen LogP contribution in [-0.4, -0.2) is 94.0 Å². The molecule has 0 atom stereocenters. The first-order chi connectivity index (χ1) is 12.6. The van der Waals surface area contributed by atoms with Gasteiger partial charge in [-0.1, -0.05) is 7.43 Å². The van der Waals surface area contributed by atoms with Gasteiger partial charge in [-0.2, -0.15) is 24.3 Å². The summed E-state index contributed by atoms with van der Waals surface area (Å²) in [6, 6.07) is 0. The fraction of sp³-hybridized carbons (Fsp3) is 0.182. The summed E-state index contributed by atoms with van der Waals surface area (Å²) >= 11 is 0. The van der Waals surface area contributed by atoms with Crippen molar-refractivity contribution in [2.24, 2.45) is 0 Å². The van der Waals surface area contributed by atoms with E-state index < -0.39 is 44.0 Å². The van der Waals surface area contributed by atoms with E-state index in [9.17, 15) is 19.2 Å². The van der Waals surface area contributed by atoms with E-state index in [1.54, 1.807) is 0 Å². The molecule has 0 aliphatic rings. The summed E-state index contributed by atoms with van der Waals surface area (Å²) in [7, 11) is -4.51. The average molecular weight is 487 g/mol. The Labute approximate surface area is 172 Å². The third-order valence-electron chi connectivity index (χ3n) is 1.02. The summed E-state index contributed by atoms with van der Waals surface area (Å²) < 4.78 is 3.68. The molecule has 0 radical (unpaired) electrons. The Morgan fingerprint density at radius 3 is 1.19 bits per heavy atom. The number of hydrogen-bond acceptors (Lipinski definition) is 12. The number of carbonyl (C=O) groups excluding carboxylic acids is 3. The van der Waals surface area contributed by atoms with Gasteiger partial charge in [0.1, 0.15) is 6.42 Å². The molecule has 0 bridgehead atoms. The normalized spacial score (nSPS) is 6.68. The van der Waals surface area contributed by atoms with Crippen molar-refractivity contribution in [2.45, 2.75) is 13.8 Å². The molecule has 0 aromatic heterocycles. The molecule has 0 saturated carbocycles. The van der Waals surface area contributed by atoms with Crippen LogP contribution in [0.25, 0.3) is 0 Å². The first kappa shape index (κ1) is 50.6. The number of Topliss-reactive ketones (excluding diaryl/α,β-unsaturated/α-hetero) is 1. The second-order valence-corrected chi connectivity index (χ2v) is 4.11. The molecule has 0 unspecified atom stereocenters. The Kier molecular flexibility index (Phi) is 54.7. The van der Waals surface area contributed by atoms with E-state index in [2.05, 4.69) is 11.1 Å². The van der Waals surface area contributed by atoms with Crippen molar-refractivity contribution >= 4 is 51.0 Å². The highest BCUT2D eigenvalue weighted by Gasteiger charge is 2.37. The molecule has 19 nitrogen and oxygen atoms in total. The van der Waals surface area contributed by atoms with E-state index in [4.69, 9.17) is 59.4 Å². The van der Waals surface area contributed by atoms with Crippen LogP contribution in [0, 0.1) is 0 Å². The molecule has 0 aromatic rings. The smallest absolute Gasteiger partial charge is 0.481 e. The van der Waals surface area contributed by atoms with Crippen molar-refractivity contribution in [2.75, 3.05) is 0 Å². The van der Waals surface area contributed by atoms with Gasteiger partial charge >= 0.3 is 45.2 Å². The maximum absolute atomic E-state index is 9.97. The molecule has 0 saturated heterocycles. The van der Waals surface area contributed by atoms with E-state index in [1.165, 1.54) is 0 Å². The van der Waals surface area contributed by atoms with Crippen LogP contribution < -0.4 is 0 Å². The Morgan fingerprint density at radius 1 is 0.871 bits per heavy atom. The third kappa shape index (κ3) is 88.6. The van der Waals surface area contributed by atoms with Gasteiger partial charge in [-0.3, -0.25) is 14.1 Å². The highest BCUT2D eigenvalue weighted by molar-refractivity contribution is 7.53. The lowest BCUT2D eigenvalue weighted by Gasteiger charge is -2.01. The minimum atomic E-state index is -4.51. The molecule has 0 fully saturated rings. The van der Waals surface area contributed by atoms with Crippen molar-refractivity contribution < 1.29 is 94.0 Å². The number of hydrogen-bond donors (Lipinski definition) is 8. The van der Waals surface area contributed by atoms with Crippen LogP contribution in [0.5, 0.6) is 0 Å². The van der Waals surface area contributed by atoms with Gasteiger partial charge in [0, 0.05) is 0 Å². The van der Waals surface area contributed by atoms with Gasteiger partial charge in [0.05, 0.1) is 9.59 Å². The minimum absolute atomic E-state index is 0. The van der Waals surface area contributed by atoms with Crippen molar-refractivity contribution in [3.63, 3.8) is 0 Å². The Bertz CT molecular complexity index is 550. The van der Waals surface area contributed by atoms with Gasteiger partial charge in [0.25, 0.3) is 11.5 Å². The summed E-state index contributed by atoms with van der Waals surface area (Å²) in [4.78, 5) is 96.1. The first-order valence-corrected chi connectivity index (χ1v) is 6.86. The van der Waals surface area contributed by atoms with Crippen LogP contribution in [0.3, 0.4) is 0 Å². The van der Waals surface area contributed by atoms with Crippen LogP contribution in [0.15, 0.2) is 12.3 Å². The molecule has 0 aromatic carbocycles. The van der Waals surface area contributed by atoms with Crippen molar-refractivity contribution in [3.8, 4) is 0 Å². The van der Waals surface area contributed by atoms with E-state index in [0.29, 0.717) is 12.9 Å². The molecule has 0 aliphatic heterocycles. The second-order valence-electron chi connectivity index (χ2n) is 2.90. The molecular formula is C11H20O19P+3. The topological polar surface area (TPSA) is 371 Å². The summed E-state index contributed by atoms with van der Waals surface area (Å²) in [5.41, 5.74) is 0. The van der Waals surface area contributed by atoms with Crippen LogP contribution in [-0.2, 0) is 42.9 Å². The molecule has 0 spiro atoms. The first-order valence-electron chi connectivity index (χ1n) is 5.30. The fourth-order valence-electron chi connectivity index (χ4n) is 0.400. The summed E-state index contributed by atoms with van der Waals surface area (Å²) in [5, 5.41) is 37.2. The molecule has 0 amide bonds. The molecule has 31 heavy (non-hydrogen) atoms. The van der Waals surface area contributed by atoms with Crippen LogP contribution in [0.2, 0.25) is 0 Å². The van der Waals surface area contributed by atoms with Gasteiger partial charge in [-0.15, -0.1) is 0 Å². The highest BCUT2D eigenvalue weighted by atomic mass is 31.2. The zero-order valence-electron chi connectivity index (χ0n) is 14.1. The SMILES string of the molecule is C.C=C(O[P+](O)(O)O)C(=O)O.O.O.O=C(O)CC(=O)C(=O)O.O=C=O.O=[C+]O.O=[C+]O. The van der Waals surface area contributed by atoms with Gasteiger partial charge in [0.15, 0.2) is 0 Å². The lowest BCUT2D eigenvalue weighted by atomic mass is 10.3. The number of carboxylic acid groups (broad SMARTS) is 3. The van der Waals surface area contributed by atoms with Crippen molar-refractivity contribution in [1.82, 2.24) is 0 Å². The summed E-state index contributed by atoms with van der Waals surface area (Å²) in [6.45, 7) is 3.77. The Morgan fingerprint density at radius 2 is 1.13 bits per heavy atom. The van der Waals surface area contributed by atoms with Gasteiger partial charge in [0.2, 0.25) is 0 Å². The van der Waals surface area contributed by atoms with Crippen LogP contribution in [0.1, 0.15) is 13.8 Å². The second kappa shape index (κ2) is 33.6. The molecule has 12 N–H and O–H groups in total. The predicted octanol–water partition coefficient (Wildman–Crippen LogP) is -4.00. The molecule has 20 heteroatoms. The lowest BCUT2D eigenvalue weighted by Crippen LogP contribution is -2.16. The molecule has 0 aliphatic carbocycles. The van der Waals surface area contributed by atoms with E-state index in [1.807, 2.05) is 0 Å². The lowest BCUT2D eigenvalue weighted by molar-refractivity contribution is -0.191. The largest absolute Gasteiger partial charge is 0.794 e.